The van der Waals surface area contributed by atoms with E-state index in [4.69, 9.17) is 0 Å². The van der Waals surface area contributed by atoms with Crippen LogP contribution < -0.4 is 5.32 Å². The Kier molecular flexibility index (Phi) is 5.38. The third-order valence-corrected chi connectivity index (χ3v) is 6.26. The van der Waals surface area contributed by atoms with Gasteiger partial charge in [-0.15, -0.1) is 0 Å². The molecule has 3 heterocycles. The zero-order valence-corrected chi connectivity index (χ0v) is 16.9. The van der Waals surface area contributed by atoms with E-state index in [1.165, 1.54) is 30.5 Å². The first-order chi connectivity index (χ1) is 15.1. The Morgan fingerprint density at radius 3 is 2.41 bits per heavy atom. The molecule has 4 rings (SSSR count). The zero-order chi connectivity index (χ0) is 22.9. The number of nitrogens with one attached hydrogen (secondary N) is 2. The molecule has 0 spiro atoms. The number of amides is 1. The van der Waals surface area contributed by atoms with Gasteiger partial charge in [0.15, 0.2) is 10.7 Å². The first-order valence-corrected chi connectivity index (χ1v) is 10.6. The van der Waals surface area contributed by atoms with Crippen LogP contribution in [0.3, 0.4) is 0 Å². The molecule has 8 nitrogen and oxygen atoms in total. The van der Waals surface area contributed by atoms with E-state index >= 15 is 0 Å². The Labute approximate surface area is 179 Å². The van der Waals surface area contributed by atoms with Crippen LogP contribution in [0.2, 0.25) is 0 Å². The summed E-state index contributed by atoms with van der Waals surface area (Å²) in [7, 11) is -4.09. The van der Waals surface area contributed by atoms with Crippen molar-refractivity contribution in [3.05, 3.63) is 77.7 Å². The van der Waals surface area contributed by atoms with E-state index in [0.717, 1.165) is 6.07 Å². The van der Waals surface area contributed by atoms with Gasteiger partial charge in [0.25, 0.3) is 5.91 Å². The summed E-state index contributed by atoms with van der Waals surface area (Å²) in [5, 5.41) is 9.42. The highest BCUT2D eigenvalue weighted by molar-refractivity contribution is 7.91. The van der Waals surface area contributed by atoms with E-state index in [0.29, 0.717) is 34.4 Å². The Hall–Kier alpha value is -3.80. The molecule has 0 radical (unpaired) electrons. The van der Waals surface area contributed by atoms with E-state index in [1.807, 2.05) is 0 Å². The molecule has 12 heteroatoms. The number of pyridine rings is 2. The van der Waals surface area contributed by atoms with Crippen molar-refractivity contribution in [1.29, 1.82) is 0 Å². The summed E-state index contributed by atoms with van der Waals surface area (Å²) in [5.74, 6) is -0.369. The van der Waals surface area contributed by atoms with Gasteiger partial charge in [-0.05, 0) is 35.9 Å². The zero-order valence-electron chi connectivity index (χ0n) is 16.1. The molecule has 164 valence electrons. The van der Waals surface area contributed by atoms with E-state index < -0.39 is 26.6 Å². The number of aromatic amines is 1. The third kappa shape index (κ3) is 4.30. The minimum Gasteiger partial charge on any atom is -0.348 e. The first kappa shape index (κ1) is 21.4. The number of carbonyl (C=O) groups is 1. The summed E-state index contributed by atoms with van der Waals surface area (Å²) in [6.07, 6.45) is -1.18. The van der Waals surface area contributed by atoms with Gasteiger partial charge in [-0.2, -0.15) is 18.3 Å². The lowest BCUT2D eigenvalue weighted by Crippen LogP contribution is -2.22. The molecular formula is C20H14F3N5O3S. The maximum absolute atomic E-state index is 12.6. The van der Waals surface area contributed by atoms with Crippen LogP contribution >= 0.6 is 0 Å². The molecule has 4 aromatic rings. The summed E-state index contributed by atoms with van der Waals surface area (Å²) in [6.45, 7) is 0.126. The molecule has 0 aliphatic rings. The number of hydrogen-bond donors (Lipinski definition) is 2. The molecule has 32 heavy (non-hydrogen) atoms. The summed E-state index contributed by atoms with van der Waals surface area (Å²) in [4.78, 5) is 19.7. The minimum absolute atomic E-state index is 0.126. The molecule has 0 aliphatic carbocycles. The Balaban J connectivity index is 1.44. The smallest absolute Gasteiger partial charge is 0.348 e. The minimum atomic E-state index is -4.61. The second kappa shape index (κ2) is 8.04. The number of nitrogens with zero attached hydrogens (tertiary/aromatic N) is 3. The van der Waals surface area contributed by atoms with Gasteiger partial charge in [0.05, 0.1) is 22.2 Å². The number of fused-ring (bicyclic) bond motifs is 1. The van der Waals surface area contributed by atoms with Gasteiger partial charge < -0.3 is 5.32 Å². The molecule has 0 bridgehead atoms. The predicted octanol–water partition coefficient (Wildman–Crippen LogP) is 3.13. The Morgan fingerprint density at radius 2 is 1.75 bits per heavy atom. The van der Waals surface area contributed by atoms with Crippen molar-refractivity contribution in [2.45, 2.75) is 22.6 Å². The van der Waals surface area contributed by atoms with Crippen LogP contribution in [0.25, 0.3) is 11.0 Å². The van der Waals surface area contributed by atoms with Crippen molar-refractivity contribution in [2.24, 2.45) is 0 Å². The molecule has 0 saturated carbocycles. The maximum atomic E-state index is 12.6. The standard InChI is InChI=1S/C20H14F3N5O3S/c21-20(22,23)15-3-6-17(24-11-15)32(30,31)16-4-1-12(2-5-16)8-26-19(29)14-7-13-10-27-28-18(13)25-9-14/h1-7,9-11H,8H2,(H,26,29)(H,25,27,28). The number of rotatable bonds is 5. The van der Waals surface area contributed by atoms with Crippen LogP contribution in [-0.4, -0.2) is 34.5 Å². The summed E-state index contributed by atoms with van der Waals surface area (Å²) >= 11 is 0. The topological polar surface area (TPSA) is 118 Å². The van der Waals surface area contributed by atoms with Crippen LogP contribution in [0.1, 0.15) is 21.5 Å². The van der Waals surface area contributed by atoms with Crippen molar-refractivity contribution < 1.29 is 26.4 Å². The van der Waals surface area contributed by atoms with E-state index in [9.17, 15) is 26.4 Å². The normalized spacial score (nSPS) is 12.1. The average molecular weight is 461 g/mol. The largest absolute Gasteiger partial charge is 0.417 e. The van der Waals surface area contributed by atoms with Gasteiger partial charge in [-0.3, -0.25) is 9.89 Å². The van der Waals surface area contributed by atoms with Gasteiger partial charge in [0.2, 0.25) is 9.84 Å². The van der Waals surface area contributed by atoms with Gasteiger partial charge in [-0.1, -0.05) is 12.1 Å². The number of alkyl halides is 3. The second-order valence-electron chi connectivity index (χ2n) is 6.74. The van der Waals surface area contributed by atoms with Gasteiger partial charge >= 0.3 is 6.18 Å². The molecule has 2 N–H and O–H groups in total. The van der Waals surface area contributed by atoms with Crippen LogP contribution in [0, 0.1) is 0 Å². The number of halogens is 3. The molecule has 0 saturated heterocycles. The molecule has 0 fully saturated rings. The molecule has 0 atom stereocenters. The van der Waals surface area contributed by atoms with Crippen LogP contribution in [0.5, 0.6) is 0 Å². The van der Waals surface area contributed by atoms with Crippen LogP contribution in [-0.2, 0) is 22.6 Å². The van der Waals surface area contributed by atoms with Crippen molar-refractivity contribution >= 4 is 26.8 Å². The number of carbonyl (C=O) groups excluding carboxylic acids is 1. The van der Waals surface area contributed by atoms with Crippen LogP contribution in [0.4, 0.5) is 13.2 Å². The van der Waals surface area contributed by atoms with Crippen LogP contribution in [0.15, 0.2) is 71.0 Å². The molecule has 0 unspecified atom stereocenters. The lowest BCUT2D eigenvalue weighted by Gasteiger charge is -2.09. The monoisotopic (exact) mass is 461 g/mol. The Bertz CT molecular complexity index is 1380. The second-order valence-corrected chi connectivity index (χ2v) is 8.64. The highest BCUT2D eigenvalue weighted by Crippen LogP contribution is 2.29. The predicted molar refractivity (Wildman–Crippen MR) is 106 cm³/mol. The maximum Gasteiger partial charge on any atom is 0.417 e. The van der Waals surface area contributed by atoms with Gasteiger partial charge in [0.1, 0.15) is 0 Å². The lowest BCUT2D eigenvalue weighted by molar-refractivity contribution is -0.137. The fourth-order valence-corrected chi connectivity index (χ4v) is 4.03. The highest BCUT2D eigenvalue weighted by Gasteiger charge is 2.31. The molecule has 1 aromatic carbocycles. The summed E-state index contributed by atoms with van der Waals surface area (Å²) in [6, 6.07) is 8.71. The molecular weight excluding hydrogens is 447 g/mol. The fourth-order valence-electron chi connectivity index (χ4n) is 2.86. The molecule has 0 aliphatic heterocycles. The van der Waals surface area contributed by atoms with E-state index in [1.54, 1.807) is 12.3 Å². The van der Waals surface area contributed by atoms with Crippen molar-refractivity contribution in [3.63, 3.8) is 0 Å². The number of hydrogen-bond acceptors (Lipinski definition) is 6. The summed E-state index contributed by atoms with van der Waals surface area (Å²) in [5.41, 5.74) is 0.479. The highest BCUT2D eigenvalue weighted by atomic mass is 32.2. The average Bonchev–Trinajstić information content (AvgIpc) is 3.25. The Morgan fingerprint density at radius 1 is 1.00 bits per heavy atom. The van der Waals surface area contributed by atoms with Crippen molar-refractivity contribution in [1.82, 2.24) is 25.5 Å². The van der Waals surface area contributed by atoms with Gasteiger partial charge in [-0.25, -0.2) is 18.4 Å². The SMILES string of the molecule is O=C(NCc1ccc(S(=O)(=O)c2ccc(C(F)(F)F)cn2)cc1)c1cnc2[nH]ncc2c1. The fraction of sp³-hybridized carbons (Fsp3) is 0.100. The summed E-state index contributed by atoms with van der Waals surface area (Å²) < 4.78 is 63.2. The number of sulfone groups is 1. The molecule has 3 aromatic heterocycles. The number of benzene rings is 1. The lowest BCUT2D eigenvalue weighted by atomic mass is 10.2. The molecule has 1 amide bonds. The number of H-pyrrole nitrogens is 1. The number of aromatic nitrogens is 4. The van der Waals surface area contributed by atoms with Crippen molar-refractivity contribution in [2.75, 3.05) is 0 Å². The van der Waals surface area contributed by atoms with E-state index in [-0.39, 0.29) is 17.3 Å². The van der Waals surface area contributed by atoms with E-state index in [2.05, 4.69) is 25.5 Å². The van der Waals surface area contributed by atoms with Crippen molar-refractivity contribution in [3.8, 4) is 0 Å². The third-order valence-electron chi connectivity index (χ3n) is 4.58. The first-order valence-electron chi connectivity index (χ1n) is 9.09. The quantitative estimate of drug-likeness (QED) is 0.472. The van der Waals surface area contributed by atoms with Gasteiger partial charge in [0, 0.05) is 24.3 Å².